The summed E-state index contributed by atoms with van der Waals surface area (Å²) in [5, 5.41) is 2.05. The standard InChI is InChI=1S/C18H14BrN3O2/c19-14-5-1-13-10-16(8-4-12(13)9-14)24-17(23)11-2-6-15(7-3-11)22-18(20)21/h1-10H,(H4,20,21,22). The largest absolute Gasteiger partial charge is 0.423 e. The third-order valence-electron chi connectivity index (χ3n) is 3.35. The van der Waals surface area contributed by atoms with Crippen LogP contribution >= 0.6 is 15.9 Å². The molecule has 24 heavy (non-hydrogen) atoms. The first-order valence-electron chi connectivity index (χ1n) is 7.12. The van der Waals surface area contributed by atoms with E-state index in [1.54, 1.807) is 30.3 Å². The van der Waals surface area contributed by atoms with Gasteiger partial charge in [-0.3, -0.25) is 0 Å². The average Bonchev–Trinajstić information content (AvgIpc) is 2.55. The van der Waals surface area contributed by atoms with Crippen molar-refractivity contribution >= 4 is 44.3 Å². The van der Waals surface area contributed by atoms with Crippen LogP contribution < -0.4 is 16.2 Å². The Kier molecular flexibility index (Phi) is 4.48. The van der Waals surface area contributed by atoms with Crippen LogP contribution in [0.1, 0.15) is 10.4 Å². The van der Waals surface area contributed by atoms with Crippen molar-refractivity contribution in [2.45, 2.75) is 0 Å². The molecular weight excluding hydrogens is 370 g/mol. The molecule has 0 saturated heterocycles. The molecule has 0 aliphatic carbocycles. The highest BCUT2D eigenvalue weighted by Crippen LogP contribution is 2.25. The second-order valence-corrected chi connectivity index (χ2v) is 6.04. The molecule has 3 rings (SSSR count). The minimum absolute atomic E-state index is 0.0341. The molecule has 0 aliphatic heterocycles. The van der Waals surface area contributed by atoms with Gasteiger partial charge in [-0.2, -0.15) is 0 Å². The summed E-state index contributed by atoms with van der Waals surface area (Å²) in [5.41, 5.74) is 11.6. The van der Waals surface area contributed by atoms with Gasteiger partial charge in [-0.05, 0) is 59.3 Å². The summed E-state index contributed by atoms with van der Waals surface area (Å²) < 4.78 is 6.42. The maximum atomic E-state index is 12.2. The number of esters is 1. The fourth-order valence-corrected chi connectivity index (χ4v) is 2.62. The lowest BCUT2D eigenvalue weighted by Gasteiger charge is -2.06. The normalized spacial score (nSPS) is 10.4. The van der Waals surface area contributed by atoms with Gasteiger partial charge < -0.3 is 16.2 Å². The van der Waals surface area contributed by atoms with E-state index in [-0.39, 0.29) is 5.96 Å². The van der Waals surface area contributed by atoms with E-state index in [1.165, 1.54) is 0 Å². The Morgan fingerprint density at radius 3 is 2.29 bits per heavy atom. The number of fused-ring (bicyclic) bond motifs is 1. The summed E-state index contributed by atoms with van der Waals surface area (Å²) in [4.78, 5) is 16.1. The van der Waals surface area contributed by atoms with Crippen molar-refractivity contribution in [1.29, 1.82) is 0 Å². The van der Waals surface area contributed by atoms with Gasteiger partial charge in [0.05, 0.1) is 11.3 Å². The lowest BCUT2D eigenvalue weighted by Crippen LogP contribution is -2.21. The van der Waals surface area contributed by atoms with E-state index in [1.807, 2.05) is 30.3 Å². The summed E-state index contributed by atoms with van der Waals surface area (Å²) in [6.45, 7) is 0. The molecule has 0 bridgehead atoms. The third kappa shape index (κ3) is 3.72. The molecule has 4 N–H and O–H groups in total. The van der Waals surface area contributed by atoms with Gasteiger partial charge in [-0.25, -0.2) is 9.79 Å². The fraction of sp³-hybridized carbons (Fsp3) is 0. The van der Waals surface area contributed by atoms with Crippen molar-refractivity contribution in [2.75, 3.05) is 0 Å². The number of carbonyl (C=O) groups excluding carboxylic acids is 1. The molecule has 6 heteroatoms. The number of nitrogens with zero attached hydrogens (tertiary/aromatic N) is 1. The number of guanidine groups is 1. The highest BCUT2D eigenvalue weighted by Gasteiger charge is 2.09. The van der Waals surface area contributed by atoms with E-state index < -0.39 is 5.97 Å². The number of aliphatic imine (C=N–C) groups is 1. The maximum absolute atomic E-state index is 12.2. The molecule has 0 amide bonds. The molecule has 3 aromatic rings. The summed E-state index contributed by atoms with van der Waals surface area (Å²) in [6.07, 6.45) is 0. The predicted octanol–water partition coefficient (Wildman–Crippen LogP) is 3.73. The lowest BCUT2D eigenvalue weighted by molar-refractivity contribution is 0.0735. The van der Waals surface area contributed by atoms with Crippen LogP contribution in [-0.2, 0) is 0 Å². The van der Waals surface area contributed by atoms with Gasteiger partial charge in [-0.1, -0.05) is 28.1 Å². The van der Waals surface area contributed by atoms with Crippen molar-refractivity contribution in [1.82, 2.24) is 0 Å². The van der Waals surface area contributed by atoms with Crippen molar-refractivity contribution in [3.63, 3.8) is 0 Å². The number of hydrogen-bond acceptors (Lipinski definition) is 3. The molecule has 5 nitrogen and oxygen atoms in total. The summed E-state index contributed by atoms with van der Waals surface area (Å²) in [7, 11) is 0. The van der Waals surface area contributed by atoms with Gasteiger partial charge in [0.25, 0.3) is 0 Å². The second-order valence-electron chi connectivity index (χ2n) is 5.13. The molecule has 0 radical (unpaired) electrons. The minimum Gasteiger partial charge on any atom is -0.423 e. The highest BCUT2D eigenvalue weighted by molar-refractivity contribution is 9.10. The second kappa shape index (κ2) is 6.72. The third-order valence-corrected chi connectivity index (χ3v) is 3.84. The molecule has 120 valence electrons. The molecule has 0 spiro atoms. The predicted molar refractivity (Wildman–Crippen MR) is 98.5 cm³/mol. The number of hydrogen-bond donors (Lipinski definition) is 2. The Morgan fingerprint density at radius 2 is 1.58 bits per heavy atom. The first-order chi connectivity index (χ1) is 11.5. The Balaban J connectivity index is 1.79. The number of nitrogens with two attached hydrogens (primary N) is 2. The van der Waals surface area contributed by atoms with E-state index in [4.69, 9.17) is 16.2 Å². The zero-order valence-corrected chi connectivity index (χ0v) is 14.2. The molecule has 3 aromatic carbocycles. The van der Waals surface area contributed by atoms with Crippen LogP contribution in [0.25, 0.3) is 10.8 Å². The van der Waals surface area contributed by atoms with E-state index in [0.29, 0.717) is 17.0 Å². The van der Waals surface area contributed by atoms with Crippen LogP contribution in [0.4, 0.5) is 5.69 Å². The molecule has 0 aromatic heterocycles. The Morgan fingerprint density at radius 1 is 0.917 bits per heavy atom. The first kappa shape index (κ1) is 16.0. The maximum Gasteiger partial charge on any atom is 0.343 e. The van der Waals surface area contributed by atoms with E-state index >= 15 is 0 Å². The van der Waals surface area contributed by atoms with Crippen LogP contribution in [-0.4, -0.2) is 11.9 Å². The zero-order valence-electron chi connectivity index (χ0n) is 12.6. The summed E-state index contributed by atoms with van der Waals surface area (Å²) in [6, 6.07) is 17.9. The Hall–Kier alpha value is -2.86. The van der Waals surface area contributed by atoms with Crippen molar-refractivity contribution in [3.8, 4) is 5.75 Å². The van der Waals surface area contributed by atoms with Crippen molar-refractivity contribution < 1.29 is 9.53 Å². The van der Waals surface area contributed by atoms with Crippen molar-refractivity contribution in [3.05, 3.63) is 70.7 Å². The number of benzene rings is 3. The average molecular weight is 384 g/mol. The number of rotatable bonds is 3. The molecular formula is C18H14BrN3O2. The van der Waals surface area contributed by atoms with Crippen LogP contribution in [0.15, 0.2) is 70.1 Å². The molecule has 0 aliphatic rings. The molecule has 0 saturated carbocycles. The van der Waals surface area contributed by atoms with Crippen LogP contribution in [0.3, 0.4) is 0 Å². The van der Waals surface area contributed by atoms with Gasteiger partial charge in [0.1, 0.15) is 5.75 Å². The molecule has 0 atom stereocenters. The van der Waals surface area contributed by atoms with Gasteiger partial charge >= 0.3 is 5.97 Å². The van der Waals surface area contributed by atoms with Crippen molar-refractivity contribution in [2.24, 2.45) is 16.5 Å². The molecule has 0 heterocycles. The molecule has 0 fully saturated rings. The Bertz CT molecular complexity index is 933. The summed E-state index contributed by atoms with van der Waals surface area (Å²) in [5.74, 6) is 0.0129. The van der Waals surface area contributed by atoms with Gasteiger partial charge in [-0.15, -0.1) is 0 Å². The lowest BCUT2D eigenvalue weighted by atomic mass is 10.1. The summed E-state index contributed by atoms with van der Waals surface area (Å²) >= 11 is 3.43. The topological polar surface area (TPSA) is 90.7 Å². The van der Waals surface area contributed by atoms with E-state index in [2.05, 4.69) is 20.9 Å². The zero-order chi connectivity index (χ0) is 17.1. The quantitative estimate of drug-likeness (QED) is 0.312. The smallest absolute Gasteiger partial charge is 0.343 e. The monoisotopic (exact) mass is 383 g/mol. The first-order valence-corrected chi connectivity index (χ1v) is 7.92. The van der Waals surface area contributed by atoms with Crippen LogP contribution in [0.2, 0.25) is 0 Å². The fourth-order valence-electron chi connectivity index (χ4n) is 2.25. The van der Waals surface area contributed by atoms with E-state index in [0.717, 1.165) is 15.2 Å². The number of halogens is 1. The van der Waals surface area contributed by atoms with Crippen LogP contribution in [0.5, 0.6) is 5.75 Å². The SMILES string of the molecule is NC(N)=Nc1ccc(C(=O)Oc2ccc3cc(Br)ccc3c2)cc1. The number of carbonyl (C=O) groups is 1. The van der Waals surface area contributed by atoms with Gasteiger partial charge in [0, 0.05) is 4.47 Å². The van der Waals surface area contributed by atoms with E-state index in [9.17, 15) is 4.79 Å². The van der Waals surface area contributed by atoms with Crippen LogP contribution in [0, 0.1) is 0 Å². The minimum atomic E-state index is -0.442. The highest BCUT2D eigenvalue weighted by atomic mass is 79.9. The van der Waals surface area contributed by atoms with Gasteiger partial charge in [0.2, 0.25) is 0 Å². The molecule has 0 unspecified atom stereocenters. The Labute approximate surface area is 147 Å². The number of ether oxygens (including phenoxy) is 1. The van der Waals surface area contributed by atoms with Gasteiger partial charge in [0.15, 0.2) is 5.96 Å².